The third kappa shape index (κ3) is 4.10. The Bertz CT molecular complexity index is 1160. The van der Waals surface area contributed by atoms with Crippen molar-refractivity contribution in [3.05, 3.63) is 81.1 Å². The highest BCUT2D eigenvalue weighted by molar-refractivity contribution is 8.09. The number of hydrazone groups is 1. The van der Waals surface area contributed by atoms with Crippen LogP contribution < -0.4 is 5.43 Å². The molecule has 1 aliphatic heterocycles. The van der Waals surface area contributed by atoms with Gasteiger partial charge in [-0.25, -0.2) is 16.8 Å². The van der Waals surface area contributed by atoms with Crippen molar-refractivity contribution in [2.24, 2.45) is 5.10 Å². The number of nitrogens with zero attached hydrogens (tertiary/aromatic N) is 2. The Morgan fingerprint density at radius 2 is 1.57 bits per heavy atom. The van der Waals surface area contributed by atoms with Crippen LogP contribution in [0.25, 0.3) is 0 Å². The third-order valence-electron chi connectivity index (χ3n) is 4.07. The Morgan fingerprint density at radius 3 is 2.18 bits per heavy atom. The average Bonchev–Trinajstić information content (AvgIpc) is 3.18. The summed E-state index contributed by atoms with van der Waals surface area (Å²) in [5.41, 5.74) is 3.10. The maximum Gasteiger partial charge on any atom is 0.269 e. The minimum atomic E-state index is -4.11. The second-order valence-electron chi connectivity index (χ2n) is 5.89. The summed E-state index contributed by atoms with van der Waals surface area (Å²) in [6.45, 7) is 0.279. The van der Waals surface area contributed by atoms with Crippen LogP contribution in [0, 0.1) is 10.1 Å². The first kappa shape index (κ1) is 19.7. The standard InChI is InChI=1S/C17H15N3O6S2/c21-20(22)14-6-8-15(9-7-14)27(23,24)10-11-28(25,26)17-16(12-18-19-17)13-4-2-1-3-5-13/h1-11,16,18H,12H2/b11-10+. The summed E-state index contributed by atoms with van der Waals surface area (Å²) in [7, 11) is -8.21. The molecule has 1 unspecified atom stereocenters. The molecule has 0 radical (unpaired) electrons. The van der Waals surface area contributed by atoms with Gasteiger partial charge in [0.05, 0.1) is 15.7 Å². The molecule has 0 spiro atoms. The van der Waals surface area contributed by atoms with Crippen LogP contribution in [0.2, 0.25) is 0 Å². The number of hydrogen-bond donors (Lipinski definition) is 1. The van der Waals surface area contributed by atoms with Crippen LogP contribution in [0.1, 0.15) is 11.5 Å². The molecule has 0 aliphatic carbocycles. The largest absolute Gasteiger partial charge is 0.308 e. The molecule has 9 nitrogen and oxygen atoms in total. The van der Waals surface area contributed by atoms with E-state index in [1.165, 1.54) is 0 Å². The lowest BCUT2D eigenvalue weighted by Crippen LogP contribution is -2.20. The molecular formula is C17H15N3O6S2. The molecule has 2 aromatic rings. The number of rotatable bonds is 5. The SMILES string of the molecule is O=[N+]([O-])c1ccc(S(=O)(=O)/C=C/S(=O)(=O)C2=NNCC2c2ccccc2)cc1. The lowest BCUT2D eigenvalue weighted by Gasteiger charge is -2.10. The number of nitro groups is 1. The highest BCUT2D eigenvalue weighted by Gasteiger charge is 2.32. The minimum absolute atomic E-state index is 0.172. The van der Waals surface area contributed by atoms with E-state index < -0.39 is 30.5 Å². The van der Waals surface area contributed by atoms with Gasteiger partial charge in [0.1, 0.15) is 0 Å². The monoisotopic (exact) mass is 421 g/mol. The first-order valence-electron chi connectivity index (χ1n) is 7.99. The Kier molecular flexibility index (Phi) is 5.29. The fraction of sp³-hybridized carbons (Fsp3) is 0.118. The molecule has 0 saturated heterocycles. The molecular weight excluding hydrogens is 406 g/mol. The quantitative estimate of drug-likeness (QED) is 0.575. The highest BCUT2D eigenvalue weighted by Crippen LogP contribution is 2.25. The first-order chi connectivity index (χ1) is 13.2. The van der Waals surface area contributed by atoms with Crippen molar-refractivity contribution in [2.75, 3.05) is 6.54 Å². The summed E-state index contributed by atoms with van der Waals surface area (Å²) in [6, 6.07) is 13.0. The topological polar surface area (TPSA) is 136 Å². The fourth-order valence-corrected chi connectivity index (χ4v) is 5.43. The maximum atomic E-state index is 12.6. The molecule has 1 aliphatic rings. The van der Waals surface area contributed by atoms with Crippen molar-refractivity contribution in [1.82, 2.24) is 5.43 Å². The zero-order chi connectivity index (χ0) is 20.4. The summed E-state index contributed by atoms with van der Waals surface area (Å²) >= 11 is 0. The molecule has 0 saturated carbocycles. The lowest BCUT2D eigenvalue weighted by atomic mass is 10.0. The van der Waals surface area contributed by atoms with E-state index in [4.69, 9.17) is 0 Å². The van der Waals surface area contributed by atoms with Gasteiger partial charge >= 0.3 is 0 Å². The minimum Gasteiger partial charge on any atom is -0.308 e. The molecule has 28 heavy (non-hydrogen) atoms. The molecule has 0 fully saturated rings. The molecule has 11 heteroatoms. The third-order valence-corrected chi connectivity index (χ3v) is 7.12. The van der Waals surface area contributed by atoms with Crippen molar-refractivity contribution in [1.29, 1.82) is 0 Å². The summed E-state index contributed by atoms with van der Waals surface area (Å²) in [5, 5.41) is 15.5. The normalized spacial score (nSPS) is 17.3. The zero-order valence-corrected chi connectivity index (χ0v) is 15.9. The number of sulfone groups is 2. The van der Waals surface area contributed by atoms with Crippen LogP contribution in [0.3, 0.4) is 0 Å². The molecule has 2 aromatic carbocycles. The number of benzene rings is 2. The number of non-ortho nitro benzene ring substituents is 1. The van der Waals surface area contributed by atoms with Gasteiger partial charge in [-0.1, -0.05) is 30.3 Å². The molecule has 0 aromatic heterocycles. The van der Waals surface area contributed by atoms with Crippen molar-refractivity contribution >= 4 is 30.4 Å². The molecule has 3 rings (SSSR count). The van der Waals surface area contributed by atoms with E-state index in [2.05, 4.69) is 10.5 Å². The van der Waals surface area contributed by atoms with E-state index in [0.717, 1.165) is 29.8 Å². The zero-order valence-electron chi connectivity index (χ0n) is 14.3. The van der Waals surface area contributed by atoms with E-state index in [1.807, 2.05) is 0 Å². The van der Waals surface area contributed by atoms with Gasteiger partial charge in [-0.3, -0.25) is 10.1 Å². The average molecular weight is 421 g/mol. The number of nitro benzene ring substituents is 1. The molecule has 1 atom stereocenters. The molecule has 1 heterocycles. The van der Waals surface area contributed by atoms with Crippen LogP contribution in [0.5, 0.6) is 0 Å². The highest BCUT2D eigenvalue weighted by atomic mass is 32.2. The van der Waals surface area contributed by atoms with Gasteiger partial charge in [0, 0.05) is 29.5 Å². The Balaban J connectivity index is 1.86. The van der Waals surface area contributed by atoms with Crippen LogP contribution >= 0.6 is 0 Å². The summed E-state index contributed by atoms with van der Waals surface area (Å²) in [4.78, 5) is 9.74. The smallest absolute Gasteiger partial charge is 0.269 e. The summed E-state index contributed by atoms with van der Waals surface area (Å²) in [6.07, 6.45) is 0. The predicted octanol–water partition coefficient (Wildman–Crippen LogP) is 1.96. The Hall–Kier alpha value is -3.05. The summed E-state index contributed by atoms with van der Waals surface area (Å²) in [5.74, 6) is -0.530. The van der Waals surface area contributed by atoms with Gasteiger partial charge in [0.15, 0.2) is 5.04 Å². The second kappa shape index (κ2) is 7.52. The molecule has 1 N–H and O–H groups in total. The van der Waals surface area contributed by atoms with Crippen molar-refractivity contribution in [3.63, 3.8) is 0 Å². The first-order valence-corrected chi connectivity index (χ1v) is 11.1. The fourth-order valence-electron chi connectivity index (χ4n) is 2.64. The van der Waals surface area contributed by atoms with Gasteiger partial charge in [0.2, 0.25) is 19.7 Å². The van der Waals surface area contributed by atoms with Crippen LogP contribution in [-0.2, 0) is 19.7 Å². The molecule has 146 valence electrons. The lowest BCUT2D eigenvalue weighted by molar-refractivity contribution is -0.384. The van der Waals surface area contributed by atoms with Crippen LogP contribution in [0.4, 0.5) is 5.69 Å². The van der Waals surface area contributed by atoms with E-state index in [1.54, 1.807) is 30.3 Å². The predicted molar refractivity (Wildman–Crippen MR) is 103 cm³/mol. The van der Waals surface area contributed by atoms with E-state index in [0.29, 0.717) is 10.8 Å². The molecule has 0 bridgehead atoms. The van der Waals surface area contributed by atoms with Crippen molar-refractivity contribution < 1.29 is 21.8 Å². The van der Waals surface area contributed by atoms with Gasteiger partial charge in [0.25, 0.3) is 5.69 Å². The van der Waals surface area contributed by atoms with E-state index in [-0.39, 0.29) is 22.2 Å². The molecule has 0 amide bonds. The van der Waals surface area contributed by atoms with Gasteiger partial charge in [-0.05, 0) is 17.7 Å². The van der Waals surface area contributed by atoms with Crippen molar-refractivity contribution in [2.45, 2.75) is 10.8 Å². The maximum absolute atomic E-state index is 12.6. The van der Waals surface area contributed by atoms with Crippen molar-refractivity contribution in [3.8, 4) is 0 Å². The van der Waals surface area contributed by atoms with E-state index in [9.17, 15) is 26.9 Å². The Morgan fingerprint density at radius 1 is 0.964 bits per heavy atom. The second-order valence-corrected chi connectivity index (χ2v) is 9.50. The van der Waals surface area contributed by atoms with Gasteiger partial charge in [-0.15, -0.1) is 0 Å². The summed E-state index contributed by atoms with van der Waals surface area (Å²) < 4.78 is 50.0. The van der Waals surface area contributed by atoms with Crippen LogP contribution in [-0.4, -0.2) is 33.3 Å². The number of hydrogen-bond acceptors (Lipinski definition) is 8. The van der Waals surface area contributed by atoms with Gasteiger partial charge in [-0.2, -0.15) is 5.10 Å². The van der Waals surface area contributed by atoms with Crippen LogP contribution in [0.15, 0.2) is 75.4 Å². The van der Waals surface area contributed by atoms with E-state index >= 15 is 0 Å². The number of nitrogens with one attached hydrogen (secondary N) is 1. The Labute approximate surface area is 161 Å². The van der Waals surface area contributed by atoms with Gasteiger partial charge < -0.3 is 5.43 Å².